The first-order valence-electron chi connectivity index (χ1n) is 3.30. The Morgan fingerprint density at radius 1 is 1.56 bits per heavy atom. The van der Waals surface area contributed by atoms with E-state index in [9.17, 15) is 0 Å². The van der Waals surface area contributed by atoms with Crippen molar-refractivity contribution in [2.75, 3.05) is 26.7 Å². The smallest absolute Gasteiger partial charge is 0.193 e. The highest BCUT2D eigenvalue weighted by Crippen LogP contribution is 2.02. The number of hydrogen-bond donors (Lipinski definition) is 1. The summed E-state index contributed by atoms with van der Waals surface area (Å²) < 4.78 is 0. The molecule has 1 aliphatic rings. The summed E-state index contributed by atoms with van der Waals surface area (Å²) in [6.07, 6.45) is 0. The van der Waals surface area contributed by atoms with Gasteiger partial charge in [-0.2, -0.15) is 0 Å². The topological polar surface area (TPSA) is 30.3 Å². The SMILES string of the molecule is CCN1CCN(C)C1=N. The van der Waals surface area contributed by atoms with Crippen LogP contribution in [0.15, 0.2) is 0 Å². The Bertz CT molecular complexity index is 121. The standard InChI is InChI=1S/C6H13N3/c1-3-9-5-4-8(2)6(9)7/h7H,3-5H2,1-2H3. The van der Waals surface area contributed by atoms with Crippen molar-refractivity contribution in [1.82, 2.24) is 9.80 Å². The Labute approximate surface area is 55.8 Å². The van der Waals surface area contributed by atoms with Crippen molar-refractivity contribution in [2.45, 2.75) is 6.92 Å². The zero-order valence-electron chi connectivity index (χ0n) is 6.02. The molecule has 3 nitrogen and oxygen atoms in total. The summed E-state index contributed by atoms with van der Waals surface area (Å²) in [4.78, 5) is 4.02. The van der Waals surface area contributed by atoms with Gasteiger partial charge in [0, 0.05) is 26.7 Å². The average molecular weight is 127 g/mol. The molecule has 1 saturated heterocycles. The minimum Gasteiger partial charge on any atom is -0.344 e. The van der Waals surface area contributed by atoms with E-state index in [4.69, 9.17) is 5.41 Å². The van der Waals surface area contributed by atoms with E-state index >= 15 is 0 Å². The fourth-order valence-corrected chi connectivity index (χ4v) is 1.03. The minimum absolute atomic E-state index is 0.664. The second kappa shape index (κ2) is 2.25. The highest BCUT2D eigenvalue weighted by Gasteiger charge is 2.18. The van der Waals surface area contributed by atoms with Crippen LogP contribution in [0.5, 0.6) is 0 Å². The molecule has 0 aromatic rings. The third-order valence-electron chi connectivity index (χ3n) is 1.75. The van der Waals surface area contributed by atoms with E-state index in [0.717, 1.165) is 19.6 Å². The fraction of sp³-hybridized carbons (Fsp3) is 0.833. The molecular formula is C6H13N3. The molecule has 1 fully saturated rings. The number of likely N-dealkylation sites (N-methyl/N-ethyl adjacent to an activating group) is 2. The Balaban J connectivity index is 2.51. The van der Waals surface area contributed by atoms with Gasteiger partial charge in [-0.15, -0.1) is 0 Å². The van der Waals surface area contributed by atoms with Crippen molar-refractivity contribution in [1.29, 1.82) is 5.41 Å². The molecule has 0 aromatic heterocycles. The van der Waals surface area contributed by atoms with E-state index in [1.54, 1.807) is 0 Å². The van der Waals surface area contributed by atoms with Gasteiger partial charge >= 0.3 is 0 Å². The minimum atomic E-state index is 0.664. The summed E-state index contributed by atoms with van der Waals surface area (Å²) in [6.45, 7) is 5.06. The molecule has 0 radical (unpaired) electrons. The number of hydrogen-bond acceptors (Lipinski definition) is 1. The highest BCUT2D eigenvalue weighted by molar-refractivity contribution is 5.78. The summed E-state index contributed by atoms with van der Waals surface area (Å²) in [6, 6.07) is 0. The van der Waals surface area contributed by atoms with Crippen LogP contribution < -0.4 is 0 Å². The summed E-state index contributed by atoms with van der Waals surface area (Å²) in [7, 11) is 1.96. The van der Waals surface area contributed by atoms with Gasteiger partial charge in [-0.05, 0) is 6.92 Å². The maximum Gasteiger partial charge on any atom is 0.193 e. The van der Waals surface area contributed by atoms with Crippen LogP contribution in [-0.4, -0.2) is 42.4 Å². The molecule has 0 aromatic carbocycles. The van der Waals surface area contributed by atoms with Crippen LogP contribution in [0.1, 0.15) is 6.92 Å². The summed E-state index contributed by atoms with van der Waals surface area (Å²) in [5.41, 5.74) is 0. The van der Waals surface area contributed by atoms with Crippen molar-refractivity contribution < 1.29 is 0 Å². The molecule has 0 spiro atoms. The molecule has 1 N–H and O–H groups in total. The lowest BCUT2D eigenvalue weighted by molar-refractivity contribution is 0.486. The second-order valence-corrected chi connectivity index (χ2v) is 2.32. The van der Waals surface area contributed by atoms with Gasteiger partial charge in [-0.1, -0.05) is 0 Å². The van der Waals surface area contributed by atoms with E-state index in [1.807, 2.05) is 11.9 Å². The van der Waals surface area contributed by atoms with Crippen LogP contribution in [0.2, 0.25) is 0 Å². The third kappa shape index (κ3) is 0.992. The van der Waals surface area contributed by atoms with Gasteiger partial charge in [-0.25, -0.2) is 0 Å². The summed E-state index contributed by atoms with van der Waals surface area (Å²) >= 11 is 0. The predicted octanol–water partition coefficient (Wildman–Crippen LogP) is 0.188. The quantitative estimate of drug-likeness (QED) is 0.545. The van der Waals surface area contributed by atoms with E-state index in [0.29, 0.717) is 5.96 Å². The van der Waals surface area contributed by atoms with Gasteiger partial charge in [0.05, 0.1) is 0 Å². The lowest BCUT2D eigenvalue weighted by Crippen LogP contribution is -2.29. The first-order valence-corrected chi connectivity index (χ1v) is 3.30. The van der Waals surface area contributed by atoms with Crippen molar-refractivity contribution in [2.24, 2.45) is 0 Å². The maximum absolute atomic E-state index is 7.46. The van der Waals surface area contributed by atoms with Crippen LogP contribution in [-0.2, 0) is 0 Å². The first kappa shape index (κ1) is 6.39. The lowest BCUT2D eigenvalue weighted by atomic mass is 10.6. The normalized spacial score (nSPS) is 19.6. The van der Waals surface area contributed by atoms with Crippen LogP contribution in [0.4, 0.5) is 0 Å². The van der Waals surface area contributed by atoms with Gasteiger partial charge in [-0.3, -0.25) is 5.41 Å². The van der Waals surface area contributed by atoms with Crippen LogP contribution >= 0.6 is 0 Å². The van der Waals surface area contributed by atoms with Crippen molar-refractivity contribution in [3.05, 3.63) is 0 Å². The van der Waals surface area contributed by atoms with Crippen LogP contribution in [0.3, 0.4) is 0 Å². The molecule has 0 aliphatic carbocycles. The number of nitrogens with zero attached hydrogens (tertiary/aromatic N) is 2. The summed E-state index contributed by atoms with van der Waals surface area (Å²) in [5, 5.41) is 7.46. The third-order valence-corrected chi connectivity index (χ3v) is 1.75. The Hall–Kier alpha value is -0.730. The molecule has 0 bridgehead atoms. The number of nitrogens with one attached hydrogen (secondary N) is 1. The Morgan fingerprint density at radius 2 is 2.22 bits per heavy atom. The maximum atomic E-state index is 7.46. The molecule has 1 heterocycles. The number of guanidine groups is 1. The lowest BCUT2D eigenvalue weighted by Gasteiger charge is -2.15. The number of rotatable bonds is 1. The molecule has 1 rings (SSSR count). The first-order chi connectivity index (χ1) is 4.25. The van der Waals surface area contributed by atoms with E-state index in [-0.39, 0.29) is 0 Å². The zero-order valence-corrected chi connectivity index (χ0v) is 6.02. The van der Waals surface area contributed by atoms with Crippen molar-refractivity contribution in [3.63, 3.8) is 0 Å². The molecule has 0 unspecified atom stereocenters. The molecule has 0 saturated carbocycles. The van der Waals surface area contributed by atoms with Crippen molar-refractivity contribution >= 4 is 5.96 Å². The van der Waals surface area contributed by atoms with E-state index in [2.05, 4.69) is 11.8 Å². The molecule has 0 atom stereocenters. The van der Waals surface area contributed by atoms with E-state index in [1.165, 1.54) is 0 Å². The van der Waals surface area contributed by atoms with Gasteiger partial charge in [0.25, 0.3) is 0 Å². The molecule has 1 aliphatic heterocycles. The molecule has 3 heteroatoms. The summed E-state index contributed by atoms with van der Waals surface area (Å²) in [5.74, 6) is 0.664. The highest BCUT2D eigenvalue weighted by atomic mass is 15.4. The zero-order chi connectivity index (χ0) is 6.85. The molecule has 52 valence electrons. The van der Waals surface area contributed by atoms with Crippen molar-refractivity contribution in [3.8, 4) is 0 Å². The van der Waals surface area contributed by atoms with Gasteiger partial charge in [0.2, 0.25) is 0 Å². The largest absolute Gasteiger partial charge is 0.344 e. The predicted molar refractivity (Wildman–Crippen MR) is 37.6 cm³/mol. The second-order valence-electron chi connectivity index (χ2n) is 2.32. The van der Waals surface area contributed by atoms with Gasteiger partial charge in [0.15, 0.2) is 5.96 Å². The Morgan fingerprint density at radius 3 is 2.44 bits per heavy atom. The molecular weight excluding hydrogens is 114 g/mol. The Kier molecular flexibility index (Phi) is 1.60. The monoisotopic (exact) mass is 127 g/mol. The van der Waals surface area contributed by atoms with Crippen LogP contribution in [0.25, 0.3) is 0 Å². The van der Waals surface area contributed by atoms with Crippen LogP contribution in [0, 0.1) is 5.41 Å². The molecule has 0 amide bonds. The fourth-order valence-electron chi connectivity index (χ4n) is 1.03. The van der Waals surface area contributed by atoms with E-state index < -0.39 is 0 Å². The van der Waals surface area contributed by atoms with Gasteiger partial charge < -0.3 is 9.80 Å². The molecule has 9 heavy (non-hydrogen) atoms. The van der Waals surface area contributed by atoms with Gasteiger partial charge in [0.1, 0.15) is 0 Å². The average Bonchev–Trinajstić information content (AvgIpc) is 2.15.